The Morgan fingerprint density at radius 1 is 1.56 bits per heavy atom. The van der Waals surface area contributed by atoms with Crippen LogP contribution in [-0.2, 0) is 9.53 Å². The SMILES string of the molecule is COC(=O)C1(NC(=O)c2cc(Cl)c[nH]2)CC1. The number of aromatic nitrogens is 1. The maximum atomic E-state index is 11.7. The second-order valence-corrected chi connectivity index (χ2v) is 4.20. The second-order valence-electron chi connectivity index (χ2n) is 3.76. The lowest BCUT2D eigenvalue weighted by atomic mass is 10.2. The van der Waals surface area contributed by atoms with Gasteiger partial charge in [-0.15, -0.1) is 0 Å². The van der Waals surface area contributed by atoms with E-state index in [1.54, 1.807) is 0 Å². The average molecular weight is 243 g/mol. The van der Waals surface area contributed by atoms with Crippen molar-refractivity contribution in [2.75, 3.05) is 7.11 Å². The number of hydrogen-bond donors (Lipinski definition) is 2. The number of carbonyl (C=O) groups excluding carboxylic acids is 2. The van der Waals surface area contributed by atoms with Gasteiger partial charge in [-0.05, 0) is 18.9 Å². The van der Waals surface area contributed by atoms with Crippen LogP contribution in [0.25, 0.3) is 0 Å². The molecule has 86 valence electrons. The summed E-state index contributed by atoms with van der Waals surface area (Å²) in [4.78, 5) is 25.8. The van der Waals surface area contributed by atoms with E-state index in [2.05, 4.69) is 15.0 Å². The molecule has 0 saturated heterocycles. The summed E-state index contributed by atoms with van der Waals surface area (Å²) in [6.07, 6.45) is 2.73. The number of hydrogen-bond acceptors (Lipinski definition) is 3. The van der Waals surface area contributed by atoms with Gasteiger partial charge in [-0.3, -0.25) is 4.79 Å². The Hall–Kier alpha value is -1.49. The summed E-state index contributed by atoms with van der Waals surface area (Å²) in [5.41, 5.74) is -0.496. The van der Waals surface area contributed by atoms with Crippen LogP contribution in [0.2, 0.25) is 5.02 Å². The van der Waals surface area contributed by atoms with Gasteiger partial charge in [-0.1, -0.05) is 11.6 Å². The third-order valence-electron chi connectivity index (χ3n) is 2.57. The number of nitrogens with one attached hydrogen (secondary N) is 2. The molecule has 0 aliphatic heterocycles. The Balaban J connectivity index is 2.06. The number of amides is 1. The van der Waals surface area contributed by atoms with Crippen LogP contribution < -0.4 is 5.32 Å². The van der Waals surface area contributed by atoms with Crippen LogP contribution in [0.4, 0.5) is 0 Å². The number of esters is 1. The minimum absolute atomic E-state index is 0.333. The van der Waals surface area contributed by atoms with Gasteiger partial charge in [0.05, 0.1) is 12.1 Å². The summed E-state index contributed by atoms with van der Waals surface area (Å²) < 4.78 is 4.63. The number of halogens is 1. The quantitative estimate of drug-likeness (QED) is 0.780. The zero-order valence-electron chi connectivity index (χ0n) is 8.67. The van der Waals surface area contributed by atoms with Gasteiger partial charge >= 0.3 is 5.97 Å². The van der Waals surface area contributed by atoms with Crippen molar-refractivity contribution in [1.29, 1.82) is 0 Å². The fraction of sp³-hybridized carbons (Fsp3) is 0.400. The molecule has 0 unspecified atom stereocenters. The van der Waals surface area contributed by atoms with Crippen molar-refractivity contribution in [3.05, 3.63) is 23.0 Å². The Bertz CT molecular complexity index is 437. The zero-order valence-corrected chi connectivity index (χ0v) is 9.43. The summed E-state index contributed by atoms with van der Waals surface area (Å²) in [7, 11) is 1.31. The second kappa shape index (κ2) is 3.83. The fourth-order valence-electron chi connectivity index (χ4n) is 1.48. The summed E-state index contributed by atoms with van der Waals surface area (Å²) in [6, 6.07) is 1.50. The van der Waals surface area contributed by atoms with Gasteiger partial charge in [0.1, 0.15) is 11.2 Å². The molecule has 0 bridgehead atoms. The van der Waals surface area contributed by atoms with Crippen LogP contribution in [0.1, 0.15) is 23.3 Å². The summed E-state index contributed by atoms with van der Waals surface area (Å²) in [6.45, 7) is 0. The molecule has 1 aromatic rings. The largest absolute Gasteiger partial charge is 0.467 e. The number of carbonyl (C=O) groups is 2. The molecule has 0 atom stereocenters. The lowest BCUT2D eigenvalue weighted by Gasteiger charge is -2.13. The molecule has 0 aromatic carbocycles. The van der Waals surface area contributed by atoms with Crippen LogP contribution in [0, 0.1) is 0 Å². The maximum Gasteiger partial charge on any atom is 0.331 e. The van der Waals surface area contributed by atoms with Gasteiger partial charge in [0.2, 0.25) is 0 Å². The molecule has 1 saturated carbocycles. The fourth-order valence-corrected chi connectivity index (χ4v) is 1.65. The van der Waals surface area contributed by atoms with Gasteiger partial charge in [0.15, 0.2) is 0 Å². The summed E-state index contributed by atoms with van der Waals surface area (Å²) in [5, 5.41) is 3.10. The standard InChI is InChI=1S/C10H11ClN2O3/c1-16-9(15)10(2-3-10)13-8(14)7-4-6(11)5-12-7/h4-5,12H,2-3H2,1H3,(H,13,14). The Kier molecular flexibility index (Phi) is 2.63. The van der Waals surface area contributed by atoms with E-state index in [4.69, 9.17) is 11.6 Å². The number of ether oxygens (including phenoxy) is 1. The van der Waals surface area contributed by atoms with E-state index < -0.39 is 11.5 Å². The molecule has 1 aliphatic carbocycles. The smallest absolute Gasteiger partial charge is 0.331 e. The highest BCUT2D eigenvalue weighted by molar-refractivity contribution is 6.31. The van der Waals surface area contributed by atoms with Gasteiger partial charge in [0.25, 0.3) is 5.91 Å². The van der Waals surface area contributed by atoms with Crippen molar-refractivity contribution in [1.82, 2.24) is 10.3 Å². The first-order valence-electron chi connectivity index (χ1n) is 4.82. The molecule has 16 heavy (non-hydrogen) atoms. The van der Waals surface area contributed by atoms with Crippen molar-refractivity contribution in [2.24, 2.45) is 0 Å². The van der Waals surface area contributed by atoms with E-state index in [-0.39, 0.29) is 5.91 Å². The molecule has 5 nitrogen and oxygen atoms in total. The molecule has 1 heterocycles. The summed E-state index contributed by atoms with van der Waals surface area (Å²) >= 11 is 5.68. The van der Waals surface area contributed by atoms with Crippen LogP contribution in [-0.4, -0.2) is 29.5 Å². The van der Waals surface area contributed by atoms with Crippen LogP contribution in [0.15, 0.2) is 12.3 Å². The minimum Gasteiger partial charge on any atom is -0.467 e. The predicted octanol–water partition coefficient (Wildman–Crippen LogP) is 1.10. The Morgan fingerprint density at radius 2 is 2.25 bits per heavy atom. The lowest BCUT2D eigenvalue weighted by Crippen LogP contribution is -2.43. The van der Waals surface area contributed by atoms with Gasteiger partial charge in [-0.25, -0.2) is 4.79 Å². The molecule has 2 N–H and O–H groups in total. The van der Waals surface area contributed by atoms with Gasteiger partial charge in [0, 0.05) is 6.20 Å². The first-order valence-corrected chi connectivity index (χ1v) is 5.20. The molecule has 6 heteroatoms. The van der Waals surface area contributed by atoms with E-state index >= 15 is 0 Å². The first kappa shape index (κ1) is 11.0. The van der Waals surface area contributed by atoms with Gasteiger partial charge < -0.3 is 15.0 Å². The molecule has 0 radical (unpaired) electrons. The number of methoxy groups -OCH3 is 1. The van der Waals surface area contributed by atoms with Crippen molar-refractivity contribution >= 4 is 23.5 Å². The van der Waals surface area contributed by atoms with E-state index in [0.29, 0.717) is 23.6 Å². The summed E-state index contributed by atoms with van der Waals surface area (Å²) in [5.74, 6) is -0.756. The molecule has 1 aromatic heterocycles. The van der Waals surface area contributed by atoms with Crippen molar-refractivity contribution in [3.8, 4) is 0 Å². The first-order chi connectivity index (χ1) is 7.57. The topological polar surface area (TPSA) is 71.2 Å². The number of rotatable bonds is 3. The van der Waals surface area contributed by atoms with E-state index in [0.717, 1.165) is 0 Å². The average Bonchev–Trinajstić information content (AvgIpc) is 2.91. The third-order valence-corrected chi connectivity index (χ3v) is 2.79. The predicted molar refractivity (Wildman–Crippen MR) is 57.2 cm³/mol. The molecule has 1 amide bonds. The van der Waals surface area contributed by atoms with Crippen LogP contribution in [0.5, 0.6) is 0 Å². The van der Waals surface area contributed by atoms with E-state index in [1.807, 2.05) is 0 Å². The highest BCUT2D eigenvalue weighted by Gasteiger charge is 2.52. The van der Waals surface area contributed by atoms with Gasteiger partial charge in [-0.2, -0.15) is 0 Å². The molecule has 1 fully saturated rings. The highest BCUT2D eigenvalue weighted by Crippen LogP contribution is 2.36. The molecular formula is C10H11ClN2O3. The number of H-pyrrole nitrogens is 1. The van der Waals surface area contributed by atoms with Crippen LogP contribution in [0.3, 0.4) is 0 Å². The molecule has 0 spiro atoms. The third kappa shape index (κ3) is 1.90. The number of aromatic amines is 1. The van der Waals surface area contributed by atoms with Crippen LogP contribution >= 0.6 is 11.6 Å². The van der Waals surface area contributed by atoms with E-state index in [9.17, 15) is 9.59 Å². The Labute approximate surface area is 97.1 Å². The minimum atomic E-state index is -0.830. The maximum absolute atomic E-state index is 11.7. The molecule has 1 aliphatic rings. The Morgan fingerprint density at radius 3 is 2.69 bits per heavy atom. The molecular weight excluding hydrogens is 232 g/mol. The lowest BCUT2D eigenvalue weighted by molar-refractivity contribution is -0.144. The monoisotopic (exact) mass is 242 g/mol. The van der Waals surface area contributed by atoms with Crippen molar-refractivity contribution in [2.45, 2.75) is 18.4 Å². The van der Waals surface area contributed by atoms with Crippen molar-refractivity contribution < 1.29 is 14.3 Å². The highest BCUT2D eigenvalue weighted by atomic mass is 35.5. The van der Waals surface area contributed by atoms with E-state index in [1.165, 1.54) is 19.4 Å². The normalized spacial score (nSPS) is 16.6. The zero-order chi connectivity index (χ0) is 11.8. The molecule has 2 rings (SSSR count). The van der Waals surface area contributed by atoms with Crippen molar-refractivity contribution in [3.63, 3.8) is 0 Å².